The average molecular weight is 354 g/mol. The molecule has 1 N–H and O–H groups in total. The minimum atomic E-state index is -1.02. The molecule has 2 atom stereocenters. The number of carboxylic acid groups (broad SMARTS) is 1. The summed E-state index contributed by atoms with van der Waals surface area (Å²) in [6.07, 6.45) is 1.44. The third-order valence-corrected chi connectivity index (χ3v) is 4.04. The lowest BCUT2D eigenvalue weighted by Crippen LogP contribution is -2.43. The van der Waals surface area contributed by atoms with E-state index in [0.29, 0.717) is 13.0 Å². The lowest BCUT2D eigenvalue weighted by atomic mass is 9.92. The molecule has 0 bridgehead atoms. The highest BCUT2D eigenvalue weighted by Gasteiger charge is 2.43. The first-order valence-electron chi connectivity index (χ1n) is 6.57. The molecule has 1 aliphatic rings. The fraction of sp³-hybridized carbons (Fsp3) is 0.333. The highest BCUT2D eigenvalue weighted by molar-refractivity contribution is 9.10. The summed E-state index contributed by atoms with van der Waals surface area (Å²) in [6.45, 7) is 3.91. The number of ether oxygens (including phenoxy) is 1. The molecule has 1 amide bonds. The highest BCUT2D eigenvalue weighted by Crippen LogP contribution is 2.34. The number of rotatable bonds is 4. The lowest BCUT2D eigenvalue weighted by molar-refractivity contribution is -0.142. The fourth-order valence-corrected chi connectivity index (χ4v) is 2.84. The van der Waals surface area contributed by atoms with Crippen LogP contribution in [-0.4, -0.2) is 41.3 Å². The van der Waals surface area contributed by atoms with Crippen molar-refractivity contribution < 1.29 is 19.4 Å². The van der Waals surface area contributed by atoms with E-state index >= 15 is 0 Å². The molecule has 0 saturated carbocycles. The van der Waals surface area contributed by atoms with E-state index in [-0.39, 0.29) is 12.5 Å². The molecule has 2 rings (SSSR count). The van der Waals surface area contributed by atoms with E-state index in [1.165, 1.54) is 11.0 Å². The Labute approximate surface area is 131 Å². The first-order valence-corrected chi connectivity index (χ1v) is 7.36. The Hall–Kier alpha value is -1.82. The Balaban J connectivity index is 2.20. The van der Waals surface area contributed by atoms with Crippen LogP contribution in [0, 0.1) is 0 Å². The summed E-state index contributed by atoms with van der Waals surface area (Å²) in [5, 5.41) is 9.47. The quantitative estimate of drug-likeness (QED) is 0.844. The summed E-state index contributed by atoms with van der Waals surface area (Å²) in [6, 6.07) is 6.59. The maximum atomic E-state index is 11.9. The van der Waals surface area contributed by atoms with E-state index in [9.17, 15) is 14.7 Å². The van der Waals surface area contributed by atoms with Crippen LogP contribution in [0.15, 0.2) is 41.4 Å². The summed E-state index contributed by atoms with van der Waals surface area (Å²) < 4.78 is 5.89. The molecule has 1 aliphatic heterocycles. The van der Waals surface area contributed by atoms with Crippen LogP contribution in [0.3, 0.4) is 0 Å². The van der Waals surface area contributed by atoms with Crippen molar-refractivity contribution in [2.75, 3.05) is 13.2 Å². The van der Waals surface area contributed by atoms with Crippen LogP contribution in [0.25, 0.3) is 0 Å². The van der Waals surface area contributed by atoms with Crippen molar-refractivity contribution in [1.82, 2.24) is 4.90 Å². The van der Waals surface area contributed by atoms with Gasteiger partial charge < -0.3 is 9.84 Å². The Kier molecular flexibility index (Phi) is 5.01. The second-order valence-corrected chi connectivity index (χ2v) is 5.70. The molecule has 21 heavy (non-hydrogen) atoms. The number of hydrogen-bond acceptors (Lipinski definition) is 3. The average Bonchev–Trinajstić information content (AvgIpc) is 2.90. The van der Waals surface area contributed by atoms with Crippen molar-refractivity contribution in [3.63, 3.8) is 0 Å². The fourth-order valence-electron chi connectivity index (χ4n) is 2.57. The number of amides is 1. The van der Waals surface area contributed by atoms with Gasteiger partial charge >= 0.3 is 12.1 Å². The SMILES string of the molecule is C=CCOC(=O)N1CC[C@H](c2ccc(Br)cc2)[C@H]1C(=O)O. The van der Waals surface area contributed by atoms with Gasteiger partial charge in [0.15, 0.2) is 0 Å². The number of hydrogen-bond donors (Lipinski definition) is 1. The number of nitrogens with zero attached hydrogens (tertiary/aromatic N) is 1. The van der Waals surface area contributed by atoms with Crippen LogP contribution in [0.2, 0.25) is 0 Å². The van der Waals surface area contributed by atoms with Crippen molar-refractivity contribution >= 4 is 28.0 Å². The lowest BCUT2D eigenvalue weighted by Gasteiger charge is -2.24. The summed E-state index contributed by atoms with van der Waals surface area (Å²) in [4.78, 5) is 24.8. The van der Waals surface area contributed by atoms with Crippen LogP contribution in [-0.2, 0) is 9.53 Å². The van der Waals surface area contributed by atoms with Crippen molar-refractivity contribution in [2.45, 2.75) is 18.4 Å². The van der Waals surface area contributed by atoms with E-state index in [1.807, 2.05) is 24.3 Å². The van der Waals surface area contributed by atoms with E-state index in [2.05, 4.69) is 22.5 Å². The van der Waals surface area contributed by atoms with Crippen LogP contribution in [0.5, 0.6) is 0 Å². The van der Waals surface area contributed by atoms with Gasteiger partial charge in [-0.3, -0.25) is 4.90 Å². The van der Waals surface area contributed by atoms with Gasteiger partial charge in [-0.15, -0.1) is 0 Å². The molecule has 5 nitrogen and oxygen atoms in total. The summed E-state index contributed by atoms with van der Waals surface area (Å²) in [5.41, 5.74) is 0.907. The first kappa shape index (κ1) is 15.6. The van der Waals surface area contributed by atoms with Crippen molar-refractivity contribution in [3.8, 4) is 0 Å². The number of carboxylic acids is 1. The van der Waals surface area contributed by atoms with Crippen molar-refractivity contribution in [1.29, 1.82) is 0 Å². The molecule has 1 aromatic rings. The molecule has 1 fully saturated rings. The zero-order valence-electron chi connectivity index (χ0n) is 11.4. The number of halogens is 1. The summed E-state index contributed by atoms with van der Waals surface area (Å²) >= 11 is 3.35. The van der Waals surface area contributed by atoms with Crippen LogP contribution in [0.4, 0.5) is 4.79 Å². The van der Waals surface area contributed by atoms with Crippen molar-refractivity contribution in [2.24, 2.45) is 0 Å². The summed E-state index contributed by atoms with van der Waals surface area (Å²) in [5.74, 6) is -1.25. The number of carbonyl (C=O) groups is 2. The number of benzene rings is 1. The number of carbonyl (C=O) groups excluding carboxylic acids is 1. The molecule has 1 aromatic carbocycles. The molecule has 0 unspecified atom stereocenters. The monoisotopic (exact) mass is 353 g/mol. The van der Waals surface area contributed by atoms with E-state index in [1.54, 1.807) is 0 Å². The van der Waals surface area contributed by atoms with E-state index < -0.39 is 18.1 Å². The second kappa shape index (κ2) is 6.76. The van der Waals surface area contributed by atoms with Gasteiger partial charge in [0, 0.05) is 16.9 Å². The minimum Gasteiger partial charge on any atom is -0.480 e. The van der Waals surface area contributed by atoms with Gasteiger partial charge in [-0.05, 0) is 24.1 Å². The molecular weight excluding hydrogens is 338 g/mol. The molecule has 0 radical (unpaired) electrons. The maximum Gasteiger partial charge on any atom is 0.410 e. The van der Waals surface area contributed by atoms with Gasteiger partial charge in [-0.25, -0.2) is 9.59 Å². The molecule has 0 aromatic heterocycles. The largest absolute Gasteiger partial charge is 0.480 e. The van der Waals surface area contributed by atoms with Crippen LogP contribution < -0.4 is 0 Å². The Morgan fingerprint density at radius 2 is 2.10 bits per heavy atom. The molecule has 1 heterocycles. The van der Waals surface area contributed by atoms with Gasteiger partial charge in [0.05, 0.1) is 0 Å². The number of aliphatic carboxylic acids is 1. The predicted molar refractivity (Wildman–Crippen MR) is 81.2 cm³/mol. The maximum absolute atomic E-state index is 11.9. The van der Waals surface area contributed by atoms with E-state index in [4.69, 9.17) is 4.74 Å². The molecule has 1 saturated heterocycles. The zero-order valence-corrected chi connectivity index (χ0v) is 13.0. The third kappa shape index (κ3) is 3.44. The smallest absolute Gasteiger partial charge is 0.410 e. The van der Waals surface area contributed by atoms with Gasteiger partial charge in [-0.2, -0.15) is 0 Å². The van der Waals surface area contributed by atoms with Crippen molar-refractivity contribution in [3.05, 3.63) is 47.0 Å². The topological polar surface area (TPSA) is 66.8 Å². The third-order valence-electron chi connectivity index (χ3n) is 3.51. The zero-order chi connectivity index (χ0) is 15.4. The summed E-state index contributed by atoms with van der Waals surface area (Å²) in [7, 11) is 0. The second-order valence-electron chi connectivity index (χ2n) is 4.79. The normalized spacial score (nSPS) is 21.1. The van der Waals surface area contributed by atoms with Gasteiger partial charge in [-0.1, -0.05) is 40.7 Å². The van der Waals surface area contributed by atoms with Gasteiger partial charge in [0.1, 0.15) is 12.6 Å². The minimum absolute atomic E-state index is 0.0740. The standard InChI is InChI=1S/C15H16BrNO4/c1-2-9-21-15(20)17-8-7-12(13(17)14(18)19)10-3-5-11(16)6-4-10/h2-6,12-13H,1,7-9H2,(H,18,19)/t12-,13+/m1/s1. The molecule has 112 valence electrons. The van der Waals surface area contributed by atoms with Crippen LogP contribution >= 0.6 is 15.9 Å². The molecular formula is C15H16BrNO4. The number of likely N-dealkylation sites (tertiary alicyclic amines) is 1. The van der Waals surface area contributed by atoms with Gasteiger partial charge in [0.2, 0.25) is 0 Å². The Morgan fingerprint density at radius 3 is 2.67 bits per heavy atom. The van der Waals surface area contributed by atoms with Gasteiger partial charge in [0.25, 0.3) is 0 Å². The Morgan fingerprint density at radius 1 is 1.43 bits per heavy atom. The Bertz CT molecular complexity index is 543. The first-order chi connectivity index (χ1) is 10.0. The highest BCUT2D eigenvalue weighted by atomic mass is 79.9. The molecule has 0 aliphatic carbocycles. The molecule has 6 heteroatoms. The van der Waals surface area contributed by atoms with E-state index in [0.717, 1.165) is 10.0 Å². The predicted octanol–water partition coefficient (Wildman–Crippen LogP) is 3.01. The molecule has 0 spiro atoms. The van der Waals surface area contributed by atoms with Crippen LogP contribution in [0.1, 0.15) is 17.9 Å².